The molecule has 1 aromatic rings. The lowest BCUT2D eigenvalue weighted by atomic mass is 10.1. The van der Waals surface area contributed by atoms with Crippen LogP contribution in [0.4, 0.5) is 10.1 Å². The van der Waals surface area contributed by atoms with Crippen molar-refractivity contribution >= 4 is 34.0 Å². The van der Waals surface area contributed by atoms with Gasteiger partial charge in [0.2, 0.25) is 0 Å². The molecule has 0 atom stereocenters. The number of hydrogen-bond acceptors (Lipinski definition) is 2. The number of allylic oxidation sites excluding steroid dienone is 1. The summed E-state index contributed by atoms with van der Waals surface area (Å²) in [6, 6.07) is 2.95. The number of anilines is 1. The second kappa shape index (κ2) is 4.91. The molecule has 0 aliphatic rings. The molecule has 0 spiro atoms. The lowest BCUT2D eigenvalue weighted by molar-refractivity contribution is -0.104. The van der Waals surface area contributed by atoms with Gasteiger partial charge in [0.05, 0.1) is 5.69 Å². The van der Waals surface area contributed by atoms with Crippen molar-refractivity contribution in [2.45, 2.75) is 0 Å². The minimum atomic E-state index is -0.365. The van der Waals surface area contributed by atoms with Gasteiger partial charge in [-0.1, -0.05) is 0 Å². The summed E-state index contributed by atoms with van der Waals surface area (Å²) < 4.78 is 14.1. The number of benzene rings is 1. The predicted molar refractivity (Wildman–Crippen MR) is 58.7 cm³/mol. The highest BCUT2D eigenvalue weighted by molar-refractivity contribution is 9.10. The minimum Gasteiger partial charge on any atom is -0.387 e. The first-order chi connectivity index (χ1) is 6.70. The van der Waals surface area contributed by atoms with E-state index in [0.29, 0.717) is 17.5 Å². The van der Waals surface area contributed by atoms with Crippen LogP contribution in [-0.4, -0.2) is 13.3 Å². The van der Waals surface area contributed by atoms with E-state index in [-0.39, 0.29) is 5.82 Å². The number of aldehydes is 1. The van der Waals surface area contributed by atoms with Crippen LogP contribution >= 0.6 is 15.9 Å². The monoisotopic (exact) mass is 257 g/mol. The van der Waals surface area contributed by atoms with E-state index < -0.39 is 0 Å². The van der Waals surface area contributed by atoms with Crippen LogP contribution in [0.3, 0.4) is 0 Å². The van der Waals surface area contributed by atoms with Crippen LogP contribution in [0.15, 0.2) is 22.7 Å². The standard InChI is InChI=1S/C10H9BrFNO/c1-13-10-7(3-2-6-14)9(12)5-4-8(10)11/h2-6,13H,1H3/b3-2-. The number of nitrogens with one attached hydrogen (secondary N) is 1. The fraction of sp³-hybridized carbons (Fsp3) is 0.100. The Kier molecular flexibility index (Phi) is 3.83. The van der Waals surface area contributed by atoms with Crippen LogP contribution in [0.25, 0.3) is 6.08 Å². The van der Waals surface area contributed by atoms with Crippen LogP contribution < -0.4 is 5.32 Å². The van der Waals surface area contributed by atoms with E-state index in [4.69, 9.17) is 0 Å². The maximum absolute atomic E-state index is 13.3. The molecule has 0 bridgehead atoms. The summed E-state index contributed by atoms with van der Waals surface area (Å²) in [5, 5.41) is 2.86. The van der Waals surface area contributed by atoms with Gasteiger partial charge >= 0.3 is 0 Å². The van der Waals surface area contributed by atoms with Crippen molar-refractivity contribution < 1.29 is 9.18 Å². The maximum Gasteiger partial charge on any atom is 0.142 e. The molecule has 0 saturated heterocycles. The first-order valence-electron chi connectivity index (χ1n) is 3.98. The van der Waals surface area contributed by atoms with E-state index in [1.807, 2.05) is 0 Å². The number of carbonyl (C=O) groups is 1. The summed E-state index contributed by atoms with van der Waals surface area (Å²) in [4.78, 5) is 10.1. The zero-order valence-corrected chi connectivity index (χ0v) is 9.14. The molecule has 0 radical (unpaired) electrons. The summed E-state index contributed by atoms with van der Waals surface area (Å²) in [5.74, 6) is -0.365. The minimum absolute atomic E-state index is 0.365. The summed E-state index contributed by atoms with van der Waals surface area (Å²) in [5.41, 5.74) is 0.997. The van der Waals surface area contributed by atoms with Gasteiger partial charge in [-0.3, -0.25) is 4.79 Å². The first kappa shape index (κ1) is 10.9. The molecule has 0 unspecified atom stereocenters. The van der Waals surface area contributed by atoms with Crippen LogP contribution in [0.5, 0.6) is 0 Å². The highest BCUT2D eigenvalue weighted by Gasteiger charge is 2.07. The average Bonchev–Trinajstić information content (AvgIpc) is 2.19. The molecule has 1 rings (SSSR count). The van der Waals surface area contributed by atoms with Crippen molar-refractivity contribution in [2.24, 2.45) is 0 Å². The second-order valence-corrected chi connectivity index (χ2v) is 3.42. The molecule has 14 heavy (non-hydrogen) atoms. The molecule has 2 nitrogen and oxygen atoms in total. The van der Waals surface area contributed by atoms with E-state index in [0.717, 1.165) is 4.47 Å². The maximum atomic E-state index is 13.3. The summed E-state index contributed by atoms with van der Waals surface area (Å²) in [6.45, 7) is 0. The number of rotatable bonds is 3. The van der Waals surface area contributed by atoms with Crippen LogP contribution in [0.1, 0.15) is 5.56 Å². The van der Waals surface area contributed by atoms with Crippen molar-refractivity contribution in [3.05, 3.63) is 34.1 Å². The third-order valence-corrected chi connectivity index (χ3v) is 2.39. The Hall–Kier alpha value is -1.16. The number of hydrogen-bond donors (Lipinski definition) is 1. The van der Waals surface area contributed by atoms with Gasteiger partial charge in [-0.15, -0.1) is 0 Å². The van der Waals surface area contributed by atoms with Gasteiger partial charge in [-0.2, -0.15) is 0 Å². The fourth-order valence-corrected chi connectivity index (χ4v) is 1.66. The average molecular weight is 258 g/mol. The Morgan fingerprint density at radius 2 is 2.21 bits per heavy atom. The van der Waals surface area contributed by atoms with E-state index in [9.17, 15) is 9.18 Å². The SMILES string of the molecule is CNc1c(Br)ccc(F)c1/C=C\C=O. The molecule has 74 valence electrons. The molecule has 0 fully saturated rings. The second-order valence-electron chi connectivity index (χ2n) is 2.56. The molecule has 1 aromatic carbocycles. The van der Waals surface area contributed by atoms with Crippen LogP contribution in [0.2, 0.25) is 0 Å². The molecular weight excluding hydrogens is 249 g/mol. The van der Waals surface area contributed by atoms with Crippen molar-refractivity contribution in [1.82, 2.24) is 0 Å². The van der Waals surface area contributed by atoms with E-state index in [1.165, 1.54) is 18.2 Å². The lowest BCUT2D eigenvalue weighted by Gasteiger charge is -2.08. The number of carbonyl (C=O) groups excluding carboxylic acids is 1. The molecule has 0 heterocycles. The Morgan fingerprint density at radius 1 is 1.50 bits per heavy atom. The van der Waals surface area contributed by atoms with Gasteiger partial charge < -0.3 is 5.32 Å². The van der Waals surface area contributed by atoms with Crippen molar-refractivity contribution in [3.8, 4) is 0 Å². The quantitative estimate of drug-likeness (QED) is 0.667. The van der Waals surface area contributed by atoms with E-state index >= 15 is 0 Å². The summed E-state index contributed by atoms with van der Waals surface area (Å²) in [7, 11) is 1.69. The third kappa shape index (κ3) is 2.20. The molecule has 0 aliphatic heterocycles. The van der Waals surface area contributed by atoms with Gasteiger partial charge in [0.25, 0.3) is 0 Å². The lowest BCUT2D eigenvalue weighted by Crippen LogP contribution is -1.95. The van der Waals surface area contributed by atoms with Gasteiger partial charge in [0.15, 0.2) is 0 Å². The van der Waals surface area contributed by atoms with Gasteiger partial charge in [0, 0.05) is 17.1 Å². The Balaban J connectivity index is 3.29. The Labute approximate surface area is 89.9 Å². The first-order valence-corrected chi connectivity index (χ1v) is 4.77. The van der Waals surface area contributed by atoms with Gasteiger partial charge in [0.1, 0.15) is 12.1 Å². The summed E-state index contributed by atoms with van der Waals surface area (Å²) >= 11 is 3.28. The zero-order valence-electron chi connectivity index (χ0n) is 7.55. The van der Waals surface area contributed by atoms with E-state index in [1.54, 1.807) is 13.1 Å². The number of halogens is 2. The van der Waals surface area contributed by atoms with Crippen LogP contribution in [0, 0.1) is 5.82 Å². The van der Waals surface area contributed by atoms with Crippen molar-refractivity contribution in [1.29, 1.82) is 0 Å². The molecule has 0 amide bonds. The summed E-state index contributed by atoms with van der Waals surface area (Å²) in [6.07, 6.45) is 3.30. The highest BCUT2D eigenvalue weighted by Crippen LogP contribution is 2.29. The third-order valence-electron chi connectivity index (χ3n) is 1.73. The Bertz CT molecular complexity index is 377. The largest absolute Gasteiger partial charge is 0.387 e. The van der Waals surface area contributed by atoms with Gasteiger partial charge in [-0.05, 0) is 40.2 Å². The van der Waals surface area contributed by atoms with Crippen molar-refractivity contribution in [3.63, 3.8) is 0 Å². The molecule has 0 aromatic heterocycles. The zero-order chi connectivity index (χ0) is 10.6. The molecule has 4 heteroatoms. The predicted octanol–water partition coefficient (Wildman–Crippen LogP) is 2.84. The normalized spacial score (nSPS) is 10.5. The van der Waals surface area contributed by atoms with Crippen molar-refractivity contribution in [2.75, 3.05) is 12.4 Å². The smallest absolute Gasteiger partial charge is 0.142 e. The highest BCUT2D eigenvalue weighted by atomic mass is 79.9. The fourth-order valence-electron chi connectivity index (χ4n) is 1.12. The molecule has 0 saturated carbocycles. The molecular formula is C10H9BrFNO. The topological polar surface area (TPSA) is 29.1 Å². The van der Waals surface area contributed by atoms with Gasteiger partial charge in [-0.25, -0.2) is 4.39 Å². The Morgan fingerprint density at radius 3 is 2.79 bits per heavy atom. The van der Waals surface area contributed by atoms with Crippen LogP contribution in [-0.2, 0) is 4.79 Å². The van der Waals surface area contributed by atoms with E-state index in [2.05, 4.69) is 21.2 Å². The molecule has 1 N–H and O–H groups in total. The molecule has 0 aliphatic carbocycles.